The Bertz CT molecular complexity index is 948. The SMILES string of the molecule is CC(OCC1CCCCO1)C(=O)Nc1cccc(OCc2cn3ccccc3n2)c1. The minimum atomic E-state index is -0.557. The molecular formula is C23H27N3O4. The van der Waals surface area contributed by atoms with Crippen LogP contribution in [-0.4, -0.2) is 40.7 Å². The highest BCUT2D eigenvalue weighted by Crippen LogP contribution is 2.19. The predicted molar refractivity (Wildman–Crippen MR) is 114 cm³/mol. The fourth-order valence-electron chi connectivity index (χ4n) is 3.39. The number of pyridine rings is 1. The fourth-order valence-corrected chi connectivity index (χ4v) is 3.39. The topological polar surface area (TPSA) is 74.1 Å². The zero-order valence-corrected chi connectivity index (χ0v) is 17.1. The fraction of sp³-hybridized carbons (Fsp3) is 0.391. The third kappa shape index (κ3) is 5.37. The third-order valence-corrected chi connectivity index (χ3v) is 5.08. The molecule has 2 aromatic heterocycles. The van der Waals surface area contributed by atoms with Gasteiger partial charge in [0.25, 0.3) is 5.91 Å². The molecule has 158 valence electrons. The van der Waals surface area contributed by atoms with Gasteiger partial charge in [-0.05, 0) is 50.5 Å². The zero-order valence-electron chi connectivity index (χ0n) is 17.1. The molecule has 3 aromatic rings. The summed E-state index contributed by atoms with van der Waals surface area (Å²) in [5, 5.41) is 2.89. The average Bonchev–Trinajstić information content (AvgIpc) is 3.20. The predicted octanol–water partition coefficient (Wildman–Crippen LogP) is 3.83. The number of rotatable bonds is 8. The van der Waals surface area contributed by atoms with Gasteiger partial charge in [0.2, 0.25) is 0 Å². The second-order valence-corrected chi connectivity index (χ2v) is 7.47. The molecule has 1 aliphatic rings. The molecule has 7 heteroatoms. The number of carbonyl (C=O) groups excluding carboxylic acids is 1. The van der Waals surface area contributed by atoms with Gasteiger partial charge in [-0.3, -0.25) is 4.79 Å². The lowest BCUT2D eigenvalue weighted by molar-refractivity contribution is -0.130. The number of ether oxygens (including phenoxy) is 3. The van der Waals surface area contributed by atoms with E-state index in [1.807, 2.05) is 53.2 Å². The highest BCUT2D eigenvalue weighted by atomic mass is 16.5. The Hall–Kier alpha value is -2.90. The van der Waals surface area contributed by atoms with E-state index in [9.17, 15) is 4.79 Å². The van der Waals surface area contributed by atoms with Crippen LogP contribution in [0.1, 0.15) is 31.9 Å². The molecule has 0 spiro atoms. The van der Waals surface area contributed by atoms with Crippen LogP contribution < -0.4 is 10.1 Å². The summed E-state index contributed by atoms with van der Waals surface area (Å²) >= 11 is 0. The maximum absolute atomic E-state index is 12.4. The van der Waals surface area contributed by atoms with Crippen LogP contribution >= 0.6 is 0 Å². The third-order valence-electron chi connectivity index (χ3n) is 5.08. The monoisotopic (exact) mass is 409 g/mol. The summed E-state index contributed by atoms with van der Waals surface area (Å²) in [6, 6.07) is 13.2. The molecule has 1 aromatic carbocycles. The molecular weight excluding hydrogens is 382 g/mol. The molecule has 2 unspecified atom stereocenters. The number of aromatic nitrogens is 2. The number of anilines is 1. The Labute approximate surface area is 176 Å². The Kier molecular flexibility index (Phi) is 6.61. The summed E-state index contributed by atoms with van der Waals surface area (Å²) in [7, 11) is 0. The van der Waals surface area contributed by atoms with Crippen LogP contribution in [-0.2, 0) is 20.9 Å². The molecule has 3 heterocycles. The van der Waals surface area contributed by atoms with Gasteiger partial charge < -0.3 is 23.9 Å². The first-order valence-corrected chi connectivity index (χ1v) is 10.4. The van der Waals surface area contributed by atoms with E-state index >= 15 is 0 Å². The minimum absolute atomic E-state index is 0.0883. The molecule has 7 nitrogen and oxygen atoms in total. The number of hydrogen-bond acceptors (Lipinski definition) is 5. The van der Waals surface area contributed by atoms with Crippen molar-refractivity contribution in [2.75, 3.05) is 18.5 Å². The van der Waals surface area contributed by atoms with Gasteiger partial charge in [0.05, 0.1) is 18.4 Å². The van der Waals surface area contributed by atoms with Crippen LogP contribution in [0.3, 0.4) is 0 Å². The maximum Gasteiger partial charge on any atom is 0.253 e. The summed E-state index contributed by atoms with van der Waals surface area (Å²) in [6.07, 6.45) is 6.66. The lowest BCUT2D eigenvalue weighted by Crippen LogP contribution is -2.32. The van der Waals surface area contributed by atoms with Crippen molar-refractivity contribution in [2.45, 2.75) is 45.0 Å². The van der Waals surface area contributed by atoms with Crippen LogP contribution in [0, 0.1) is 0 Å². The van der Waals surface area contributed by atoms with Crippen molar-refractivity contribution in [3.8, 4) is 5.75 Å². The molecule has 0 bridgehead atoms. The summed E-state index contributed by atoms with van der Waals surface area (Å²) < 4.78 is 19.2. The van der Waals surface area contributed by atoms with E-state index in [1.54, 1.807) is 13.0 Å². The van der Waals surface area contributed by atoms with Gasteiger partial charge >= 0.3 is 0 Å². The molecule has 1 N–H and O–H groups in total. The number of fused-ring (bicyclic) bond motifs is 1. The van der Waals surface area contributed by atoms with Crippen molar-refractivity contribution < 1.29 is 19.0 Å². The van der Waals surface area contributed by atoms with E-state index in [0.717, 1.165) is 37.2 Å². The molecule has 2 atom stereocenters. The van der Waals surface area contributed by atoms with Crippen LogP contribution in [0.5, 0.6) is 5.75 Å². The normalized spacial score (nSPS) is 17.6. The Morgan fingerprint density at radius 1 is 1.30 bits per heavy atom. The van der Waals surface area contributed by atoms with Crippen molar-refractivity contribution in [3.05, 3.63) is 60.6 Å². The maximum atomic E-state index is 12.4. The molecule has 0 radical (unpaired) electrons. The first-order valence-electron chi connectivity index (χ1n) is 10.4. The van der Waals surface area contributed by atoms with Gasteiger partial charge in [-0.1, -0.05) is 12.1 Å². The lowest BCUT2D eigenvalue weighted by atomic mass is 10.1. The van der Waals surface area contributed by atoms with E-state index < -0.39 is 6.10 Å². The number of benzene rings is 1. The minimum Gasteiger partial charge on any atom is -0.487 e. The van der Waals surface area contributed by atoms with Crippen LogP contribution in [0.15, 0.2) is 54.9 Å². The van der Waals surface area contributed by atoms with Crippen LogP contribution in [0.2, 0.25) is 0 Å². The first kappa shape index (κ1) is 20.4. The number of carbonyl (C=O) groups is 1. The number of amides is 1. The molecule has 1 aliphatic heterocycles. The smallest absolute Gasteiger partial charge is 0.253 e. The van der Waals surface area contributed by atoms with Crippen molar-refractivity contribution in [2.24, 2.45) is 0 Å². The van der Waals surface area contributed by atoms with Crippen LogP contribution in [0.25, 0.3) is 5.65 Å². The van der Waals surface area contributed by atoms with Gasteiger partial charge in [-0.2, -0.15) is 0 Å². The molecule has 30 heavy (non-hydrogen) atoms. The summed E-state index contributed by atoms with van der Waals surface area (Å²) in [6.45, 7) is 3.31. The number of imidazole rings is 1. The summed E-state index contributed by atoms with van der Waals surface area (Å²) in [5.74, 6) is 0.470. The average molecular weight is 409 g/mol. The van der Waals surface area contributed by atoms with Gasteiger partial charge in [0.1, 0.15) is 24.1 Å². The van der Waals surface area contributed by atoms with Crippen molar-refractivity contribution in [3.63, 3.8) is 0 Å². The van der Waals surface area contributed by atoms with Gasteiger partial charge in [-0.25, -0.2) is 4.98 Å². The zero-order chi connectivity index (χ0) is 20.8. The molecule has 4 rings (SSSR count). The van der Waals surface area contributed by atoms with Gasteiger partial charge in [0.15, 0.2) is 0 Å². The Morgan fingerprint density at radius 3 is 3.07 bits per heavy atom. The van der Waals surface area contributed by atoms with E-state index in [1.165, 1.54) is 0 Å². The Morgan fingerprint density at radius 2 is 2.23 bits per heavy atom. The van der Waals surface area contributed by atoms with E-state index in [-0.39, 0.29) is 12.0 Å². The van der Waals surface area contributed by atoms with Crippen LogP contribution in [0.4, 0.5) is 5.69 Å². The molecule has 1 saturated heterocycles. The van der Waals surface area contributed by atoms with Gasteiger partial charge in [-0.15, -0.1) is 0 Å². The number of hydrogen-bond donors (Lipinski definition) is 1. The summed E-state index contributed by atoms with van der Waals surface area (Å²) in [5.41, 5.74) is 2.38. The Balaban J connectivity index is 1.28. The molecule has 0 aliphatic carbocycles. The number of nitrogens with one attached hydrogen (secondary N) is 1. The van der Waals surface area contributed by atoms with Crippen molar-refractivity contribution in [1.29, 1.82) is 0 Å². The molecule has 1 amide bonds. The van der Waals surface area contributed by atoms with Crippen molar-refractivity contribution in [1.82, 2.24) is 9.38 Å². The van der Waals surface area contributed by atoms with Crippen molar-refractivity contribution >= 4 is 17.2 Å². The van der Waals surface area contributed by atoms with Gasteiger partial charge in [0, 0.05) is 30.8 Å². The highest BCUT2D eigenvalue weighted by Gasteiger charge is 2.19. The summed E-state index contributed by atoms with van der Waals surface area (Å²) in [4.78, 5) is 17.0. The highest BCUT2D eigenvalue weighted by molar-refractivity contribution is 5.94. The molecule has 1 fully saturated rings. The van der Waals surface area contributed by atoms with E-state index in [2.05, 4.69) is 10.3 Å². The quantitative estimate of drug-likeness (QED) is 0.612. The second-order valence-electron chi connectivity index (χ2n) is 7.47. The standard InChI is InChI=1S/C23H27N3O4/c1-17(29-16-21-8-3-5-12-28-21)23(27)25-18-7-6-9-20(13-18)30-15-19-14-26-11-4-2-10-22(26)24-19/h2,4,6-7,9-11,13-14,17,21H,3,5,8,12,15-16H2,1H3,(H,25,27). The lowest BCUT2D eigenvalue weighted by Gasteiger charge is -2.23. The van der Waals surface area contributed by atoms with E-state index in [0.29, 0.717) is 24.7 Å². The largest absolute Gasteiger partial charge is 0.487 e. The number of nitrogens with zero attached hydrogens (tertiary/aromatic N) is 2. The van der Waals surface area contributed by atoms with E-state index in [4.69, 9.17) is 14.2 Å². The molecule has 0 saturated carbocycles. The first-order chi connectivity index (χ1) is 14.7. The second kappa shape index (κ2) is 9.73.